The Bertz CT molecular complexity index is 1440. The number of hydrogen-bond donors (Lipinski definition) is 0. The first-order chi connectivity index (χ1) is 17.2. The van der Waals surface area contributed by atoms with Gasteiger partial charge >= 0.3 is 0 Å². The van der Waals surface area contributed by atoms with Crippen LogP contribution in [0.4, 0.5) is 17.1 Å². The van der Waals surface area contributed by atoms with Crippen molar-refractivity contribution in [2.24, 2.45) is 0 Å². The molecule has 1 fully saturated rings. The minimum atomic E-state index is 0.342. The average Bonchev–Trinajstić information content (AvgIpc) is 3.29. The van der Waals surface area contributed by atoms with E-state index in [1.54, 1.807) is 11.1 Å². The molecule has 182 valence electrons. The molecule has 2 aliphatic rings. The lowest BCUT2D eigenvalue weighted by Crippen LogP contribution is -2.17. The van der Waals surface area contributed by atoms with Gasteiger partial charge in [0.1, 0.15) is 0 Å². The van der Waals surface area contributed by atoms with E-state index in [2.05, 4.69) is 143 Å². The smallest absolute Gasteiger partial charge is 0.0491 e. The summed E-state index contributed by atoms with van der Waals surface area (Å²) < 4.78 is 2.19. The van der Waals surface area contributed by atoms with Crippen molar-refractivity contribution < 1.29 is 0 Å². The summed E-state index contributed by atoms with van der Waals surface area (Å²) >= 11 is 7.27. The van der Waals surface area contributed by atoms with Crippen LogP contribution in [0.3, 0.4) is 0 Å². The lowest BCUT2D eigenvalue weighted by Gasteiger charge is -2.29. The molecular formula is C33H31Br2N. The summed E-state index contributed by atoms with van der Waals surface area (Å²) in [5.74, 6) is 0. The van der Waals surface area contributed by atoms with Gasteiger partial charge < -0.3 is 4.90 Å². The first-order valence-corrected chi connectivity index (χ1v) is 14.3. The van der Waals surface area contributed by atoms with E-state index >= 15 is 0 Å². The van der Waals surface area contributed by atoms with Gasteiger partial charge in [-0.3, -0.25) is 0 Å². The predicted octanol–water partition coefficient (Wildman–Crippen LogP) is 10.7. The molecule has 2 aliphatic carbocycles. The molecular weight excluding hydrogens is 570 g/mol. The van der Waals surface area contributed by atoms with E-state index in [0.29, 0.717) is 10.8 Å². The van der Waals surface area contributed by atoms with E-state index in [1.807, 2.05) is 0 Å². The quantitative estimate of drug-likeness (QED) is 0.225. The molecule has 0 N–H and O–H groups in total. The lowest BCUT2D eigenvalue weighted by atomic mass is 9.77. The van der Waals surface area contributed by atoms with E-state index in [0.717, 1.165) is 14.6 Å². The summed E-state index contributed by atoms with van der Waals surface area (Å²) in [6.07, 6.45) is 3.93. The van der Waals surface area contributed by atoms with Crippen LogP contribution in [0, 0.1) is 13.8 Å². The van der Waals surface area contributed by atoms with Crippen molar-refractivity contribution >= 4 is 48.9 Å². The van der Waals surface area contributed by atoms with Gasteiger partial charge in [-0.2, -0.15) is 0 Å². The van der Waals surface area contributed by atoms with Gasteiger partial charge in [-0.1, -0.05) is 76.0 Å². The van der Waals surface area contributed by atoms with Crippen molar-refractivity contribution in [2.45, 2.75) is 57.8 Å². The summed E-state index contributed by atoms with van der Waals surface area (Å²) in [7, 11) is 0. The zero-order valence-electron chi connectivity index (χ0n) is 21.3. The van der Waals surface area contributed by atoms with Crippen LogP contribution in [0.5, 0.6) is 0 Å². The summed E-state index contributed by atoms with van der Waals surface area (Å²) in [5, 5.41) is 0. The maximum Gasteiger partial charge on any atom is 0.0491 e. The number of aryl methyl sites for hydroxylation is 2. The first kappa shape index (κ1) is 24.0. The van der Waals surface area contributed by atoms with Gasteiger partial charge in [0.25, 0.3) is 0 Å². The van der Waals surface area contributed by atoms with Gasteiger partial charge in [-0.05, 0) is 126 Å². The molecule has 4 aromatic carbocycles. The van der Waals surface area contributed by atoms with Crippen LogP contribution < -0.4 is 4.90 Å². The monoisotopic (exact) mass is 599 g/mol. The van der Waals surface area contributed by atoms with Gasteiger partial charge in [0.15, 0.2) is 0 Å². The molecule has 1 saturated carbocycles. The maximum absolute atomic E-state index is 3.63. The van der Waals surface area contributed by atoms with E-state index in [1.165, 1.54) is 52.9 Å². The van der Waals surface area contributed by atoms with E-state index in [4.69, 9.17) is 0 Å². The molecule has 0 aromatic heterocycles. The molecule has 0 radical (unpaired) electrons. The largest absolute Gasteiger partial charge is 0.310 e. The minimum Gasteiger partial charge on any atom is -0.310 e. The number of halogens is 2. The van der Waals surface area contributed by atoms with Gasteiger partial charge in [0, 0.05) is 26.0 Å². The molecule has 0 heterocycles. The zero-order valence-corrected chi connectivity index (χ0v) is 24.5. The summed E-state index contributed by atoms with van der Waals surface area (Å²) in [6, 6.07) is 29.3. The molecule has 3 heteroatoms. The van der Waals surface area contributed by atoms with Crippen LogP contribution in [0.15, 0.2) is 87.8 Å². The van der Waals surface area contributed by atoms with Crippen molar-refractivity contribution in [1.82, 2.24) is 0 Å². The van der Waals surface area contributed by atoms with Crippen LogP contribution in [-0.2, 0) is 10.8 Å². The van der Waals surface area contributed by atoms with Crippen LogP contribution in [0.1, 0.15) is 55.4 Å². The Balaban J connectivity index is 1.42. The highest BCUT2D eigenvalue weighted by Gasteiger charge is 2.52. The zero-order chi connectivity index (χ0) is 25.2. The molecule has 4 aromatic rings. The second-order valence-corrected chi connectivity index (χ2v) is 13.1. The molecule has 2 atom stereocenters. The van der Waals surface area contributed by atoms with Crippen LogP contribution in [0.2, 0.25) is 0 Å². The lowest BCUT2D eigenvalue weighted by molar-refractivity contribution is 0.484. The highest BCUT2D eigenvalue weighted by atomic mass is 79.9. The number of nitrogens with zero attached hydrogens (tertiary/aromatic N) is 1. The Hall–Kier alpha value is -2.36. The molecule has 36 heavy (non-hydrogen) atoms. The van der Waals surface area contributed by atoms with Crippen LogP contribution >= 0.6 is 31.9 Å². The predicted molar refractivity (Wildman–Crippen MR) is 160 cm³/mol. The van der Waals surface area contributed by atoms with Gasteiger partial charge in [0.2, 0.25) is 0 Å². The molecule has 0 spiro atoms. The third-order valence-electron chi connectivity index (χ3n) is 8.59. The Morgan fingerprint density at radius 1 is 0.611 bits per heavy atom. The maximum atomic E-state index is 3.63. The SMILES string of the molecule is Cc1cc(Br)ccc1N(c1ccc(-c2ccc3c(c2)C2(C)CCC3(C)C2)cc1)c1ccc(Br)cc1C. The Morgan fingerprint density at radius 3 is 1.69 bits per heavy atom. The number of fused-ring (bicyclic) bond motifs is 5. The Kier molecular flexibility index (Phi) is 5.73. The number of hydrogen-bond acceptors (Lipinski definition) is 1. The molecule has 6 rings (SSSR count). The second-order valence-electron chi connectivity index (χ2n) is 11.3. The van der Waals surface area contributed by atoms with Crippen LogP contribution in [0.25, 0.3) is 11.1 Å². The molecule has 0 amide bonds. The van der Waals surface area contributed by atoms with E-state index in [-0.39, 0.29) is 0 Å². The standard InChI is InChI=1S/C33H31Br2N/c1-21-17-25(34)8-13-30(21)36(31-14-9-26(35)18-22(31)2)27-10-5-23(6-11-27)24-7-12-28-29(19-24)33(4)16-15-32(28,3)20-33/h5-14,17-19H,15-16,20H2,1-4H3. The fraction of sp³-hybridized carbons (Fsp3) is 0.273. The van der Waals surface area contributed by atoms with E-state index < -0.39 is 0 Å². The van der Waals surface area contributed by atoms with Crippen molar-refractivity contribution in [3.05, 3.63) is 110 Å². The molecule has 2 bridgehead atoms. The van der Waals surface area contributed by atoms with Crippen molar-refractivity contribution in [3.63, 3.8) is 0 Å². The third-order valence-corrected chi connectivity index (χ3v) is 9.57. The summed E-state index contributed by atoms with van der Waals surface area (Å²) in [6.45, 7) is 9.28. The highest BCUT2D eigenvalue weighted by Crippen LogP contribution is 2.60. The number of rotatable bonds is 4. The Labute approximate surface area is 231 Å². The Morgan fingerprint density at radius 2 is 1.14 bits per heavy atom. The highest BCUT2D eigenvalue weighted by molar-refractivity contribution is 9.10. The molecule has 0 aliphatic heterocycles. The van der Waals surface area contributed by atoms with Crippen LogP contribution in [-0.4, -0.2) is 0 Å². The molecule has 0 saturated heterocycles. The number of benzene rings is 4. The van der Waals surface area contributed by atoms with Gasteiger partial charge in [-0.25, -0.2) is 0 Å². The topological polar surface area (TPSA) is 3.24 Å². The minimum absolute atomic E-state index is 0.342. The van der Waals surface area contributed by atoms with Crippen molar-refractivity contribution in [1.29, 1.82) is 0 Å². The normalized spacial score (nSPS) is 22.1. The average molecular weight is 601 g/mol. The third kappa shape index (κ3) is 3.87. The first-order valence-electron chi connectivity index (χ1n) is 12.7. The van der Waals surface area contributed by atoms with Gasteiger partial charge in [0.05, 0.1) is 0 Å². The van der Waals surface area contributed by atoms with Crippen molar-refractivity contribution in [2.75, 3.05) is 4.90 Å². The molecule has 1 nitrogen and oxygen atoms in total. The fourth-order valence-corrected chi connectivity index (χ4v) is 7.70. The number of anilines is 3. The summed E-state index contributed by atoms with van der Waals surface area (Å²) in [5.41, 5.74) is 12.5. The second kappa shape index (κ2) is 8.60. The molecule has 2 unspecified atom stereocenters. The summed E-state index contributed by atoms with van der Waals surface area (Å²) in [4.78, 5) is 2.37. The fourth-order valence-electron chi connectivity index (χ4n) is 6.75. The van der Waals surface area contributed by atoms with E-state index in [9.17, 15) is 0 Å². The van der Waals surface area contributed by atoms with Crippen molar-refractivity contribution in [3.8, 4) is 11.1 Å². The van der Waals surface area contributed by atoms with Gasteiger partial charge in [-0.15, -0.1) is 0 Å².